The van der Waals surface area contributed by atoms with Gasteiger partial charge in [-0.2, -0.15) is 0 Å². The van der Waals surface area contributed by atoms with Crippen molar-refractivity contribution in [1.29, 1.82) is 0 Å². The van der Waals surface area contributed by atoms with Gasteiger partial charge >= 0.3 is 5.97 Å². The highest BCUT2D eigenvalue weighted by Crippen LogP contribution is 2.24. The van der Waals surface area contributed by atoms with E-state index in [-0.39, 0.29) is 12.6 Å². The third-order valence-electron chi connectivity index (χ3n) is 3.71. The second-order valence-electron chi connectivity index (χ2n) is 5.55. The summed E-state index contributed by atoms with van der Waals surface area (Å²) < 4.78 is 16.6. The van der Waals surface area contributed by atoms with Crippen LogP contribution in [0.15, 0.2) is 78.9 Å². The van der Waals surface area contributed by atoms with Crippen molar-refractivity contribution in [2.75, 3.05) is 6.61 Å². The fraction of sp³-hybridized carbons (Fsp3) is 0.136. The Morgan fingerprint density at radius 2 is 1.38 bits per heavy atom. The molecule has 0 aliphatic rings. The van der Waals surface area contributed by atoms with Crippen molar-refractivity contribution in [3.05, 3.63) is 90.0 Å². The van der Waals surface area contributed by atoms with Crippen LogP contribution in [0.5, 0.6) is 17.2 Å². The van der Waals surface area contributed by atoms with Crippen LogP contribution in [0.4, 0.5) is 0 Å². The Labute approximate surface area is 153 Å². The fourth-order valence-corrected chi connectivity index (χ4v) is 2.44. The van der Waals surface area contributed by atoms with Gasteiger partial charge in [0.2, 0.25) is 0 Å². The summed E-state index contributed by atoms with van der Waals surface area (Å²) in [5.41, 5.74) is 1.31. The zero-order valence-electron chi connectivity index (χ0n) is 14.6. The number of carbonyl (C=O) groups is 1. The molecule has 3 rings (SSSR count). The number of carbonyl (C=O) groups excluding carboxylic acids is 1. The van der Waals surface area contributed by atoms with E-state index >= 15 is 0 Å². The highest BCUT2D eigenvalue weighted by atomic mass is 16.5. The van der Waals surface area contributed by atoms with Gasteiger partial charge in [0.25, 0.3) is 0 Å². The van der Waals surface area contributed by atoms with Gasteiger partial charge in [-0.25, -0.2) is 4.79 Å². The Bertz CT molecular complexity index is 842. The molecule has 4 nitrogen and oxygen atoms in total. The van der Waals surface area contributed by atoms with E-state index in [1.165, 1.54) is 0 Å². The lowest BCUT2D eigenvalue weighted by Crippen LogP contribution is -2.09. The molecular formula is C22H20O4. The molecule has 0 bridgehead atoms. The van der Waals surface area contributed by atoms with Crippen LogP contribution in [0.1, 0.15) is 22.8 Å². The quantitative estimate of drug-likeness (QED) is 0.548. The number of ether oxygens (including phenoxy) is 3. The normalized spacial score (nSPS) is 10.2. The van der Waals surface area contributed by atoms with Crippen LogP contribution in [-0.2, 0) is 11.3 Å². The maximum Gasteiger partial charge on any atom is 0.338 e. The van der Waals surface area contributed by atoms with E-state index in [4.69, 9.17) is 14.2 Å². The first-order valence-electron chi connectivity index (χ1n) is 8.47. The Hall–Kier alpha value is -3.27. The molecule has 0 aromatic heterocycles. The van der Waals surface area contributed by atoms with Gasteiger partial charge in [-0.1, -0.05) is 36.4 Å². The summed E-state index contributed by atoms with van der Waals surface area (Å²) >= 11 is 0. The molecule has 0 unspecified atom stereocenters. The SMILES string of the molecule is CCOC(=O)c1ccccc1COc1ccc(Oc2ccccc2)cc1. The zero-order valence-corrected chi connectivity index (χ0v) is 14.6. The third-order valence-corrected chi connectivity index (χ3v) is 3.71. The molecule has 0 atom stereocenters. The maximum atomic E-state index is 12.0. The minimum absolute atomic E-state index is 0.286. The second-order valence-corrected chi connectivity index (χ2v) is 5.55. The van der Waals surface area contributed by atoms with Crippen molar-refractivity contribution in [3.63, 3.8) is 0 Å². The van der Waals surface area contributed by atoms with Gasteiger partial charge in [-0.05, 0) is 49.4 Å². The monoisotopic (exact) mass is 348 g/mol. The molecular weight excluding hydrogens is 328 g/mol. The summed E-state index contributed by atoms with van der Waals surface area (Å²) in [6, 6.07) is 24.2. The molecule has 0 saturated heterocycles. The van der Waals surface area contributed by atoms with Crippen molar-refractivity contribution in [1.82, 2.24) is 0 Å². The van der Waals surface area contributed by atoms with E-state index in [9.17, 15) is 4.79 Å². The zero-order chi connectivity index (χ0) is 18.2. The molecule has 26 heavy (non-hydrogen) atoms. The lowest BCUT2D eigenvalue weighted by Gasteiger charge is -2.11. The van der Waals surface area contributed by atoms with Crippen LogP contribution in [0, 0.1) is 0 Å². The lowest BCUT2D eigenvalue weighted by atomic mass is 10.1. The van der Waals surface area contributed by atoms with Crippen molar-refractivity contribution in [3.8, 4) is 17.2 Å². The number of hydrogen-bond acceptors (Lipinski definition) is 4. The fourth-order valence-electron chi connectivity index (χ4n) is 2.44. The Morgan fingerprint density at radius 1 is 0.769 bits per heavy atom. The Balaban J connectivity index is 1.63. The van der Waals surface area contributed by atoms with Gasteiger partial charge in [0.05, 0.1) is 12.2 Å². The Kier molecular flexibility index (Phi) is 5.88. The van der Waals surface area contributed by atoms with E-state index in [1.807, 2.05) is 72.8 Å². The molecule has 0 N–H and O–H groups in total. The maximum absolute atomic E-state index is 12.0. The van der Waals surface area contributed by atoms with Crippen LogP contribution in [0.2, 0.25) is 0 Å². The van der Waals surface area contributed by atoms with E-state index in [0.29, 0.717) is 17.9 Å². The van der Waals surface area contributed by atoms with Gasteiger partial charge in [0.15, 0.2) is 0 Å². The molecule has 0 spiro atoms. The molecule has 0 saturated carbocycles. The van der Waals surface area contributed by atoms with Crippen molar-refractivity contribution >= 4 is 5.97 Å². The predicted molar refractivity (Wildman–Crippen MR) is 99.7 cm³/mol. The van der Waals surface area contributed by atoms with Gasteiger partial charge < -0.3 is 14.2 Å². The number of esters is 1. The smallest absolute Gasteiger partial charge is 0.338 e. The molecule has 3 aromatic rings. The molecule has 4 heteroatoms. The molecule has 0 fully saturated rings. The molecule has 0 heterocycles. The summed E-state index contributed by atoms with van der Waals surface area (Å²) in [6.45, 7) is 2.42. The van der Waals surface area contributed by atoms with E-state index < -0.39 is 0 Å². The van der Waals surface area contributed by atoms with Crippen LogP contribution in [0.25, 0.3) is 0 Å². The summed E-state index contributed by atoms with van der Waals surface area (Å²) in [4.78, 5) is 12.0. The highest BCUT2D eigenvalue weighted by Gasteiger charge is 2.12. The third kappa shape index (κ3) is 4.63. The summed E-state index contributed by atoms with van der Waals surface area (Å²) in [5.74, 6) is 1.88. The van der Waals surface area contributed by atoms with Gasteiger partial charge in [-0.15, -0.1) is 0 Å². The molecule has 0 aliphatic carbocycles. The molecule has 3 aromatic carbocycles. The standard InChI is InChI=1S/C22H20O4/c1-2-24-22(23)21-11-7-6-8-17(21)16-25-18-12-14-20(15-13-18)26-19-9-4-3-5-10-19/h3-15H,2,16H2,1H3. The molecule has 132 valence electrons. The molecule has 0 radical (unpaired) electrons. The van der Waals surface area contributed by atoms with Gasteiger partial charge in [0.1, 0.15) is 23.9 Å². The van der Waals surface area contributed by atoms with Crippen molar-refractivity contribution in [2.45, 2.75) is 13.5 Å². The Morgan fingerprint density at radius 3 is 2.12 bits per heavy atom. The molecule has 0 amide bonds. The number of rotatable bonds is 7. The highest BCUT2D eigenvalue weighted by molar-refractivity contribution is 5.91. The summed E-state index contributed by atoms with van der Waals surface area (Å²) in [5, 5.41) is 0. The first-order chi connectivity index (χ1) is 12.8. The van der Waals surface area contributed by atoms with Crippen molar-refractivity contribution in [2.24, 2.45) is 0 Å². The van der Waals surface area contributed by atoms with Crippen LogP contribution < -0.4 is 9.47 Å². The van der Waals surface area contributed by atoms with E-state index in [2.05, 4.69) is 0 Å². The number of hydrogen-bond donors (Lipinski definition) is 0. The average molecular weight is 348 g/mol. The predicted octanol–water partition coefficient (Wildman–Crippen LogP) is 5.23. The van der Waals surface area contributed by atoms with Crippen molar-refractivity contribution < 1.29 is 19.0 Å². The van der Waals surface area contributed by atoms with E-state index in [1.54, 1.807) is 13.0 Å². The minimum atomic E-state index is -0.335. The lowest BCUT2D eigenvalue weighted by molar-refractivity contribution is 0.0523. The van der Waals surface area contributed by atoms with Gasteiger partial charge in [0, 0.05) is 5.56 Å². The number of benzene rings is 3. The molecule has 0 aliphatic heterocycles. The van der Waals surface area contributed by atoms with Gasteiger partial charge in [-0.3, -0.25) is 0 Å². The minimum Gasteiger partial charge on any atom is -0.489 e. The largest absolute Gasteiger partial charge is 0.489 e. The first-order valence-corrected chi connectivity index (χ1v) is 8.47. The van der Waals surface area contributed by atoms with Crippen LogP contribution >= 0.6 is 0 Å². The topological polar surface area (TPSA) is 44.8 Å². The van der Waals surface area contributed by atoms with Crippen LogP contribution in [0.3, 0.4) is 0 Å². The first kappa shape index (κ1) is 17.5. The van der Waals surface area contributed by atoms with E-state index in [0.717, 1.165) is 17.1 Å². The second kappa shape index (κ2) is 8.72. The van der Waals surface area contributed by atoms with Crippen LogP contribution in [-0.4, -0.2) is 12.6 Å². The average Bonchev–Trinajstić information content (AvgIpc) is 2.69. The summed E-state index contributed by atoms with van der Waals surface area (Å²) in [6.07, 6.45) is 0. The summed E-state index contributed by atoms with van der Waals surface area (Å²) in [7, 11) is 0. The number of para-hydroxylation sites is 1.